The first-order chi connectivity index (χ1) is 14.1. The predicted molar refractivity (Wildman–Crippen MR) is 122 cm³/mol. The van der Waals surface area contributed by atoms with Crippen molar-refractivity contribution in [3.63, 3.8) is 0 Å². The minimum atomic E-state index is 0.235. The summed E-state index contributed by atoms with van der Waals surface area (Å²) in [4.78, 5) is 4.90. The van der Waals surface area contributed by atoms with Crippen molar-refractivity contribution in [1.82, 2.24) is 0 Å². The third-order valence-electron chi connectivity index (χ3n) is 5.61. The standard InChI is InChI=1S/C24H25BrN2O2/c1-17-24(18-4-6-19(25)7-5-18)27(21-10-14-23(29-3)15-11-21)16-26(17)20-8-12-22(28-2)13-9-20/h4-15,17,24H,16H2,1-3H3. The fraction of sp³-hybridized carbons (Fsp3) is 0.250. The van der Waals surface area contributed by atoms with Gasteiger partial charge in [-0.1, -0.05) is 28.1 Å². The molecule has 150 valence electrons. The number of nitrogens with zero attached hydrogens (tertiary/aromatic N) is 2. The van der Waals surface area contributed by atoms with Gasteiger partial charge >= 0.3 is 0 Å². The summed E-state index contributed by atoms with van der Waals surface area (Å²) in [5.41, 5.74) is 3.67. The zero-order chi connectivity index (χ0) is 20.4. The van der Waals surface area contributed by atoms with E-state index in [9.17, 15) is 0 Å². The smallest absolute Gasteiger partial charge is 0.119 e. The first kappa shape index (κ1) is 19.6. The van der Waals surface area contributed by atoms with Crippen molar-refractivity contribution >= 4 is 27.3 Å². The number of ether oxygens (including phenoxy) is 2. The van der Waals surface area contributed by atoms with Crippen LogP contribution in [0.4, 0.5) is 11.4 Å². The van der Waals surface area contributed by atoms with Crippen LogP contribution in [0.1, 0.15) is 18.5 Å². The van der Waals surface area contributed by atoms with Crippen LogP contribution in [0.25, 0.3) is 0 Å². The van der Waals surface area contributed by atoms with Crippen LogP contribution in [0.3, 0.4) is 0 Å². The lowest BCUT2D eigenvalue weighted by Gasteiger charge is -2.28. The molecule has 0 saturated carbocycles. The van der Waals surface area contributed by atoms with E-state index in [0.29, 0.717) is 6.04 Å². The van der Waals surface area contributed by atoms with Crippen molar-refractivity contribution < 1.29 is 9.47 Å². The van der Waals surface area contributed by atoms with Gasteiger partial charge in [0.1, 0.15) is 11.5 Å². The predicted octanol–water partition coefficient (Wildman–Crippen LogP) is 5.88. The summed E-state index contributed by atoms with van der Waals surface area (Å²) in [5.74, 6) is 1.74. The highest BCUT2D eigenvalue weighted by Crippen LogP contribution is 2.40. The lowest BCUT2D eigenvalue weighted by molar-refractivity contribution is 0.414. The van der Waals surface area contributed by atoms with Crippen LogP contribution in [0.2, 0.25) is 0 Å². The second-order valence-electron chi connectivity index (χ2n) is 7.21. The van der Waals surface area contributed by atoms with Crippen LogP contribution < -0.4 is 19.3 Å². The van der Waals surface area contributed by atoms with Gasteiger partial charge < -0.3 is 19.3 Å². The van der Waals surface area contributed by atoms with E-state index >= 15 is 0 Å². The monoisotopic (exact) mass is 452 g/mol. The fourth-order valence-corrected chi connectivity index (χ4v) is 4.30. The van der Waals surface area contributed by atoms with Gasteiger partial charge in [-0.25, -0.2) is 0 Å². The van der Waals surface area contributed by atoms with Crippen LogP contribution in [0, 0.1) is 0 Å². The second-order valence-corrected chi connectivity index (χ2v) is 8.13. The Hall–Kier alpha value is -2.66. The van der Waals surface area contributed by atoms with Crippen molar-refractivity contribution in [1.29, 1.82) is 0 Å². The Kier molecular flexibility index (Phi) is 5.67. The molecule has 1 aliphatic heterocycles. The molecule has 2 unspecified atom stereocenters. The first-order valence-electron chi connectivity index (χ1n) is 9.67. The van der Waals surface area contributed by atoms with Gasteiger partial charge in [-0.2, -0.15) is 0 Å². The zero-order valence-corrected chi connectivity index (χ0v) is 18.5. The molecule has 1 aliphatic rings. The van der Waals surface area contributed by atoms with Crippen molar-refractivity contribution in [2.75, 3.05) is 30.7 Å². The molecular weight excluding hydrogens is 428 g/mol. The lowest BCUT2D eigenvalue weighted by atomic mass is 9.99. The van der Waals surface area contributed by atoms with Crippen molar-refractivity contribution in [3.05, 3.63) is 82.8 Å². The van der Waals surface area contributed by atoms with Crippen LogP contribution >= 0.6 is 15.9 Å². The molecule has 1 saturated heterocycles. The van der Waals surface area contributed by atoms with Gasteiger partial charge in [0.05, 0.1) is 33.0 Å². The van der Waals surface area contributed by atoms with E-state index in [4.69, 9.17) is 9.47 Å². The summed E-state index contributed by atoms with van der Waals surface area (Å²) in [5, 5.41) is 0. The van der Waals surface area contributed by atoms with E-state index in [1.165, 1.54) is 16.9 Å². The molecule has 29 heavy (non-hydrogen) atoms. The average Bonchev–Trinajstić information content (AvgIpc) is 3.11. The van der Waals surface area contributed by atoms with E-state index in [1.807, 2.05) is 24.3 Å². The average molecular weight is 453 g/mol. The number of benzene rings is 3. The van der Waals surface area contributed by atoms with Crippen molar-refractivity contribution in [3.8, 4) is 11.5 Å². The Morgan fingerprint density at radius 3 is 1.69 bits per heavy atom. The van der Waals surface area contributed by atoms with Crippen LogP contribution in [-0.2, 0) is 0 Å². The van der Waals surface area contributed by atoms with E-state index in [-0.39, 0.29) is 6.04 Å². The summed E-state index contributed by atoms with van der Waals surface area (Å²) >= 11 is 3.56. The summed E-state index contributed by atoms with van der Waals surface area (Å²) in [6.07, 6.45) is 0. The molecular formula is C24H25BrN2O2. The minimum absolute atomic E-state index is 0.235. The van der Waals surface area contributed by atoms with Gasteiger partial charge in [-0.15, -0.1) is 0 Å². The van der Waals surface area contributed by atoms with Gasteiger partial charge in [0.2, 0.25) is 0 Å². The molecule has 0 aromatic heterocycles. The maximum atomic E-state index is 5.34. The van der Waals surface area contributed by atoms with E-state index in [1.54, 1.807) is 14.2 Å². The largest absolute Gasteiger partial charge is 0.497 e. The normalized spacial score (nSPS) is 18.8. The maximum absolute atomic E-state index is 5.34. The van der Waals surface area contributed by atoms with Gasteiger partial charge in [-0.3, -0.25) is 0 Å². The summed E-state index contributed by atoms with van der Waals surface area (Å²) < 4.78 is 11.8. The zero-order valence-electron chi connectivity index (χ0n) is 16.9. The Morgan fingerprint density at radius 1 is 0.724 bits per heavy atom. The Bertz CT molecular complexity index is 942. The highest BCUT2D eigenvalue weighted by molar-refractivity contribution is 9.10. The molecule has 0 bridgehead atoms. The molecule has 5 heteroatoms. The lowest BCUT2D eigenvalue weighted by Crippen LogP contribution is -2.29. The molecule has 3 aromatic carbocycles. The van der Waals surface area contributed by atoms with Crippen LogP contribution in [0.15, 0.2) is 77.3 Å². The Morgan fingerprint density at radius 2 is 1.21 bits per heavy atom. The summed E-state index contributed by atoms with van der Waals surface area (Å²) in [7, 11) is 3.39. The molecule has 1 fully saturated rings. The maximum Gasteiger partial charge on any atom is 0.119 e. The Labute approximate surface area is 180 Å². The molecule has 0 amide bonds. The molecule has 0 aliphatic carbocycles. The molecule has 0 radical (unpaired) electrons. The van der Waals surface area contributed by atoms with E-state index in [2.05, 4.69) is 81.2 Å². The second kappa shape index (κ2) is 8.37. The Balaban J connectivity index is 1.72. The van der Waals surface area contributed by atoms with Crippen LogP contribution in [-0.4, -0.2) is 26.9 Å². The highest BCUT2D eigenvalue weighted by atomic mass is 79.9. The number of methoxy groups -OCH3 is 2. The van der Waals surface area contributed by atoms with Gasteiger partial charge in [0, 0.05) is 15.8 Å². The van der Waals surface area contributed by atoms with Gasteiger partial charge in [-0.05, 0) is 73.2 Å². The highest BCUT2D eigenvalue weighted by Gasteiger charge is 2.38. The SMILES string of the molecule is COc1ccc(N2CN(c3ccc(OC)cc3)C(c3ccc(Br)cc3)C2C)cc1. The number of hydrogen-bond acceptors (Lipinski definition) is 4. The quantitative estimate of drug-likeness (QED) is 0.482. The molecule has 0 N–H and O–H groups in total. The molecule has 1 heterocycles. The third kappa shape index (κ3) is 3.92. The number of anilines is 2. The van der Waals surface area contributed by atoms with Crippen molar-refractivity contribution in [2.24, 2.45) is 0 Å². The van der Waals surface area contributed by atoms with Crippen molar-refractivity contribution in [2.45, 2.75) is 19.0 Å². The van der Waals surface area contributed by atoms with Crippen LogP contribution in [0.5, 0.6) is 11.5 Å². The van der Waals surface area contributed by atoms with E-state index < -0.39 is 0 Å². The third-order valence-corrected chi connectivity index (χ3v) is 6.14. The van der Waals surface area contributed by atoms with E-state index in [0.717, 1.165) is 22.6 Å². The first-order valence-corrected chi connectivity index (χ1v) is 10.5. The molecule has 4 rings (SSSR count). The van der Waals surface area contributed by atoms with Gasteiger partial charge in [0.25, 0.3) is 0 Å². The number of halogens is 1. The molecule has 4 nitrogen and oxygen atoms in total. The van der Waals surface area contributed by atoms with Gasteiger partial charge in [0.15, 0.2) is 0 Å². The molecule has 2 atom stereocenters. The number of rotatable bonds is 5. The summed E-state index contributed by atoms with van der Waals surface area (Å²) in [6, 6.07) is 25.8. The summed E-state index contributed by atoms with van der Waals surface area (Å²) in [6.45, 7) is 3.10. The topological polar surface area (TPSA) is 24.9 Å². The minimum Gasteiger partial charge on any atom is -0.497 e. The molecule has 0 spiro atoms. The fourth-order valence-electron chi connectivity index (χ4n) is 4.04. The number of hydrogen-bond donors (Lipinski definition) is 0. The molecule has 3 aromatic rings.